The molecular weight excluding hydrogens is 310 g/mol. The van der Waals surface area contributed by atoms with E-state index in [1.807, 2.05) is 0 Å². The van der Waals surface area contributed by atoms with Crippen molar-refractivity contribution in [2.24, 2.45) is 11.3 Å². The fourth-order valence-electron chi connectivity index (χ4n) is 4.58. The van der Waals surface area contributed by atoms with Crippen LogP contribution in [-0.2, 0) is 0 Å². The van der Waals surface area contributed by atoms with Crippen molar-refractivity contribution in [1.29, 1.82) is 5.26 Å². The Balaban J connectivity index is 1.53. The molecule has 1 aliphatic carbocycles. The molecule has 1 saturated carbocycles. The van der Waals surface area contributed by atoms with E-state index in [9.17, 15) is 0 Å². The number of aromatic nitrogens is 2. The minimum absolute atomic E-state index is 0.521. The lowest BCUT2D eigenvalue weighted by atomic mass is 9.72. The van der Waals surface area contributed by atoms with Crippen LogP contribution >= 0.6 is 0 Å². The van der Waals surface area contributed by atoms with Crippen LogP contribution in [0.5, 0.6) is 0 Å². The summed E-state index contributed by atoms with van der Waals surface area (Å²) in [6.45, 7) is 11.3. The molecule has 1 aromatic rings. The van der Waals surface area contributed by atoms with E-state index in [2.05, 4.69) is 46.6 Å². The number of hydrogen-bond donors (Lipinski definition) is 0. The Morgan fingerprint density at radius 2 is 1.76 bits per heavy atom. The largest absolute Gasteiger partial charge is 0.338 e. The molecule has 2 atom stereocenters. The Hall–Kier alpha value is -1.67. The fraction of sp³-hybridized carbons (Fsp3) is 0.750. The van der Waals surface area contributed by atoms with E-state index >= 15 is 0 Å². The van der Waals surface area contributed by atoms with Crippen LogP contribution in [0.15, 0.2) is 12.4 Å². The highest BCUT2D eigenvalue weighted by atomic mass is 15.3. The van der Waals surface area contributed by atoms with Gasteiger partial charge in [-0.3, -0.25) is 4.90 Å². The lowest BCUT2D eigenvalue weighted by molar-refractivity contribution is 0.142. The molecule has 0 spiro atoms. The maximum Gasteiger partial charge on any atom is 0.225 e. The second-order valence-electron chi connectivity index (χ2n) is 7.93. The summed E-state index contributed by atoms with van der Waals surface area (Å²) in [5.41, 5.74) is 1.04. The van der Waals surface area contributed by atoms with E-state index in [4.69, 9.17) is 5.26 Å². The zero-order valence-electron chi connectivity index (χ0n) is 15.9. The number of piperazine rings is 1. The summed E-state index contributed by atoms with van der Waals surface area (Å²) in [5.74, 6) is 1.64. The van der Waals surface area contributed by atoms with Crippen LogP contribution in [0.4, 0.5) is 5.95 Å². The van der Waals surface area contributed by atoms with Gasteiger partial charge < -0.3 is 4.90 Å². The molecule has 2 fully saturated rings. The van der Waals surface area contributed by atoms with Crippen molar-refractivity contribution in [3.05, 3.63) is 18.0 Å². The van der Waals surface area contributed by atoms with E-state index in [0.29, 0.717) is 11.0 Å². The van der Waals surface area contributed by atoms with Gasteiger partial charge in [-0.05, 0) is 30.6 Å². The van der Waals surface area contributed by atoms with Crippen molar-refractivity contribution < 1.29 is 0 Å². The molecule has 0 bridgehead atoms. The Bertz CT molecular complexity index is 594. The van der Waals surface area contributed by atoms with Crippen LogP contribution in [0.3, 0.4) is 0 Å². The van der Waals surface area contributed by atoms with Gasteiger partial charge in [0.05, 0.1) is 18.0 Å². The first-order valence-corrected chi connectivity index (χ1v) is 9.80. The zero-order chi connectivity index (χ0) is 17.9. The summed E-state index contributed by atoms with van der Waals surface area (Å²) < 4.78 is 0. The number of nitriles is 1. The van der Waals surface area contributed by atoms with Crippen LogP contribution in [-0.4, -0.2) is 47.1 Å². The van der Waals surface area contributed by atoms with Crippen LogP contribution in [0.25, 0.3) is 0 Å². The van der Waals surface area contributed by atoms with Crippen molar-refractivity contribution >= 4 is 5.95 Å². The second kappa shape index (κ2) is 7.70. The first-order valence-electron chi connectivity index (χ1n) is 9.80. The Labute approximate surface area is 152 Å². The Kier molecular flexibility index (Phi) is 5.58. The SMILES string of the molecule is CCC(C)(CC)C1CCC(N2CCN(c3ncc(C#N)cn3)CC2)C1. The minimum atomic E-state index is 0.521. The molecular formula is C20H31N5. The smallest absolute Gasteiger partial charge is 0.225 e. The molecule has 3 rings (SSSR count). The lowest BCUT2D eigenvalue weighted by Crippen LogP contribution is -2.50. The van der Waals surface area contributed by atoms with E-state index in [-0.39, 0.29) is 0 Å². The van der Waals surface area contributed by atoms with Crippen molar-refractivity contribution in [1.82, 2.24) is 14.9 Å². The van der Waals surface area contributed by atoms with Gasteiger partial charge in [0, 0.05) is 32.2 Å². The Morgan fingerprint density at radius 1 is 1.12 bits per heavy atom. The molecule has 5 nitrogen and oxygen atoms in total. The molecule has 136 valence electrons. The summed E-state index contributed by atoms with van der Waals surface area (Å²) in [6, 6.07) is 2.83. The summed E-state index contributed by atoms with van der Waals surface area (Å²) >= 11 is 0. The minimum Gasteiger partial charge on any atom is -0.338 e. The van der Waals surface area contributed by atoms with Crippen molar-refractivity contribution in [2.45, 2.75) is 58.9 Å². The molecule has 1 saturated heterocycles. The summed E-state index contributed by atoms with van der Waals surface area (Å²) in [5, 5.41) is 8.86. The monoisotopic (exact) mass is 341 g/mol. The molecule has 2 heterocycles. The van der Waals surface area contributed by atoms with Gasteiger partial charge >= 0.3 is 0 Å². The van der Waals surface area contributed by atoms with Crippen LogP contribution < -0.4 is 4.90 Å². The normalized spacial score (nSPS) is 25.1. The average molecular weight is 342 g/mol. The second-order valence-corrected chi connectivity index (χ2v) is 7.93. The highest BCUT2D eigenvalue weighted by Gasteiger charge is 2.39. The van der Waals surface area contributed by atoms with Gasteiger partial charge in [0.1, 0.15) is 6.07 Å². The van der Waals surface area contributed by atoms with E-state index in [0.717, 1.165) is 44.1 Å². The van der Waals surface area contributed by atoms with Crippen LogP contribution in [0.2, 0.25) is 0 Å². The quantitative estimate of drug-likeness (QED) is 0.821. The standard InChI is InChI=1S/C20H31N5/c1-4-20(3,5-2)17-6-7-18(12-17)24-8-10-25(11-9-24)19-22-14-16(13-21)15-23-19/h14-15,17-18H,4-12H2,1-3H3. The van der Waals surface area contributed by atoms with E-state index in [1.165, 1.54) is 32.1 Å². The van der Waals surface area contributed by atoms with E-state index in [1.54, 1.807) is 12.4 Å². The number of rotatable bonds is 5. The first-order chi connectivity index (χ1) is 12.1. The third-order valence-electron chi connectivity index (χ3n) is 6.89. The first kappa shape index (κ1) is 18.1. The molecule has 0 radical (unpaired) electrons. The molecule has 2 aliphatic rings. The predicted molar refractivity (Wildman–Crippen MR) is 100 cm³/mol. The van der Waals surface area contributed by atoms with Gasteiger partial charge in [-0.1, -0.05) is 33.6 Å². The average Bonchev–Trinajstić information content (AvgIpc) is 3.18. The van der Waals surface area contributed by atoms with Crippen LogP contribution in [0.1, 0.15) is 58.4 Å². The van der Waals surface area contributed by atoms with Crippen molar-refractivity contribution in [2.75, 3.05) is 31.1 Å². The summed E-state index contributed by atoms with van der Waals surface area (Å²) in [6.07, 6.45) is 9.94. The molecule has 25 heavy (non-hydrogen) atoms. The lowest BCUT2D eigenvalue weighted by Gasteiger charge is -2.39. The van der Waals surface area contributed by atoms with Crippen molar-refractivity contribution in [3.63, 3.8) is 0 Å². The third kappa shape index (κ3) is 3.79. The van der Waals surface area contributed by atoms with Crippen LogP contribution in [0, 0.1) is 22.7 Å². The highest BCUT2D eigenvalue weighted by Crippen LogP contribution is 2.45. The summed E-state index contributed by atoms with van der Waals surface area (Å²) in [7, 11) is 0. The van der Waals surface area contributed by atoms with E-state index < -0.39 is 0 Å². The maximum absolute atomic E-state index is 8.86. The highest BCUT2D eigenvalue weighted by molar-refractivity contribution is 5.33. The molecule has 0 aromatic carbocycles. The van der Waals surface area contributed by atoms with Gasteiger partial charge in [0.25, 0.3) is 0 Å². The van der Waals surface area contributed by atoms with Gasteiger partial charge in [-0.15, -0.1) is 0 Å². The molecule has 0 amide bonds. The molecule has 5 heteroatoms. The van der Waals surface area contributed by atoms with Crippen molar-refractivity contribution in [3.8, 4) is 6.07 Å². The topological polar surface area (TPSA) is 56.0 Å². The molecule has 1 aliphatic heterocycles. The number of nitrogens with zero attached hydrogens (tertiary/aromatic N) is 5. The fourth-order valence-corrected chi connectivity index (χ4v) is 4.58. The molecule has 1 aromatic heterocycles. The zero-order valence-corrected chi connectivity index (χ0v) is 15.9. The van der Waals surface area contributed by atoms with Gasteiger partial charge in [-0.2, -0.15) is 5.26 Å². The number of hydrogen-bond acceptors (Lipinski definition) is 5. The number of anilines is 1. The predicted octanol–water partition coefficient (Wildman–Crippen LogP) is 3.47. The summed E-state index contributed by atoms with van der Waals surface area (Å²) in [4.78, 5) is 13.6. The molecule has 2 unspecified atom stereocenters. The third-order valence-corrected chi connectivity index (χ3v) is 6.89. The maximum atomic E-state index is 8.86. The van der Waals surface area contributed by atoms with Gasteiger partial charge in [0.2, 0.25) is 5.95 Å². The van der Waals surface area contributed by atoms with Gasteiger partial charge in [0.15, 0.2) is 0 Å². The molecule has 0 N–H and O–H groups in total. The van der Waals surface area contributed by atoms with Gasteiger partial charge in [-0.25, -0.2) is 9.97 Å². The Morgan fingerprint density at radius 3 is 2.32 bits per heavy atom.